The first-order valence-corrected chi connectivity index (χ1v) is 25.2. The van der Waals surface area contributed by atoms with E-state index in [-0.39, 0.29) is 60.6 Å². The van der Waals surface area contributed by atoms with Gasteiger partial charge in [0.25, 0.3) is 0 Å². The van der Waals surface area contributed by atoms with E-state index in [0.717, 1.165) is 39.2 Å². The Morgan fingerprint density at radius 2 is 1.52 bits per heavy atom. The van der Waals surface area contributed by atoms with E-state index >= 15 is 0 Å². The highest BCUT2D eigenvalue weighted by Crippen LogP contribution is 2.44. The monoisotopic (exact) mass is 965 g/mol. The number of alkyl carbamates (subject to hydrolysis) is 1. The third kappa shape index (κ3) is 12.4. The highest BCUT2D eigenvalue weighted by atomic mass is 32.1. The number of ether oxygens (including phenoxy) is 3. The normalized spacial score (nSPS) is 17.7. The number of amides is 5. The third-order valence-electron chi connectivity index (χ3n) is 14.2. The molecule has 14 nitrogen and oxygen atoms in total. The van der Waals surface area contributed by atoms with E-state index in [1.165, 1.54) is 11.3 Å². The molecule has 1 aromatic heterocycles. The summed E-state index contributed by atoms with van der Waals surface area (Å²) in [5.74, 6) is -2.43. The lowest BCUT2D eigenvalue weighted by atomic mass is 9.89. The van der Waals surface area contributed by atoms with E-state index in [0.29, 0.717) is 25.8 Å². The lowest BCUT2D eigenvalue weighted by Crippen LogP contribution is -2.62. The molecule has 5 amide bonds. The number of methoxy groups -OCH3 is 2. The average Bonchev–Trinajstić information content (AvgIpc) is 4.13. The zero-order valence-corrected chi connectivity index (χ0v) is 42.7. The van der Waals surface area contributed by atoms with E-state index in [4.69, 9.17) is 14.2 Å². The van der Waals surface area contributed by atoms with Crippen molar-refractivity contribution in [3.8, 4) is 11.1 Å². The van der Waals surface area contributed by atoms with Crippen LogP contribution in [-0.2, 0) is 39.8 Å². The molecule has 372 valence electrons. The zero-order chi connectivity index (χ0) is 50.0. The molecular weight excluding hydrogens is 893 g/mol. The van der Waals surface area contributed by atoms with Gasteiger partial charge in [-0.3, -0.25) is 19.2 Å². The fourth-order valence-corrected chi connectivity index (χ4v) is 10.8. The van der Waals surface area contributed by atoms with Crippen LogP contribution in [0.4, 0.5) is 4.79 Å². The molecule has 3 aromatic carbocycles. The number of carbonyl (C=O) groups is 5. The molecule has 4 aromatic rings. The molecule has 8 atom stereocenters. The van der Waals surface area contributed by atoms with Gasteiger partial charge in [-0.25, -0.2) is 9.78 Å². The predicted molar refractivity (Wildman–Crippen MR) is 268 cm³/mol. The minimum absolute atomic E-state index is 0.0182. The number of hydrogen-bond donors (Lipinski definition) is 3. The number of nitrogens with zero attached hydrogens (tertiary/aromatic N) is 3. The minimum atomic E-state index is -1.44. The number of fused-ring (bicyclic) bond motifs is 3. The molecule has 2 heterocycles. The maximum Gasteiger partial charge on any atom is 0.408 e. The van der Waals surface area contributed by atoms with E-state index in [9.17, 15) is 24.0 Å². The Bertz CT molecular complexity index is 2320. The van der Waals surface area contributed by atoms with Gasteiger partial charge < -0.3 is 40.0 Å². The van der Waals surface area contributed by atoms with Crippen LogP contribution in [0.2, 0.25) is 0 Å². The molecule has 2 aliphatic rings. The van der Waals surface area contributed by atoms with E-state index in [1.807, 2.05) is 112 Å². The molecule has 8 unspecified atom stereocenters. The van der Waals surface area contributed by atoms with Gasteiger partial charge in [-0.15, -0.1) is 11.3 Å². The van der Waals surface area contributed by atoms with Crippen LogP contribution in [0.5, 0.6) is 0 Å². The minimum Gasteiger partial charge on any atom is -0.449 e. The van der Waals surface area contributed by atoms with Gasteiger partial charge in [0.05, 0.1) is 42.7 Å². The van der Waals surface area contributed by atoms with Crippen molar-refractivity contribution in [1.29, 1.82) is 0 Å². The van der Waals surface area contributed by atoms with Crippen LogP contribution in [0.25, 0.3) is 11.1 Å². The van der Waals surface area contributed by atoms with Crippen molar-refractivity contribution in [1.82, 2.24) is 30.7 Å². The maximum atomic E-state index is 14.6. The van der Waals surface area contributed by atoms with Crippen LogP contribution >= 0.6 is 11.3 Å². The summed E-state index contributed by atoms with van der Waals surface area (Å²) in [5, 5.41) is 11.6. The summed E-state index contributed by atoms with van der Waals surface area (Å²) in [5.41, 5.74) is 3.99. The fraction of sp³-hybridized carbons (Fsp3) is 0.519. The summed E-state index contributed by atoms with van der Waals surface area (Å²) in [7, 11) is 4.82. The first kappa shape index (κ1) is 52.7. The van der Waals surface area contributed by atoms with Crippen molar-refractivity contribution >= 4 is 41.1 Å². The molecule has 1 saturated heterocycles. The SMILES string of the molecule is CCC(C)C(C(CC(=O)N1CCCC1C(OC)C(C)C(=O)NC(Cc1ccccc1)c1nccs1)OC)N(C)C(=O)C(NC(=O)C(C)(C)NC(=O)OCC1c2ccccc2-c2ccccc21)C(C)C. The molecule has 0 spiro atoms. The largest absolute Gasteiger partial charge is 0.449 e. The van der Waals surface area contributed by atoms with Gasteiger partial charge in [-0.2, -0.15) is 0 Å². The number of likely N-dealkylation sites (N-methyl/N-ethyl adjacent to an activating group) is 1. The van der Waals surface area contributed by atoms with Gasteiger partial charge in [-0.1, -0.05) is 120 Å². The van der Waals surface area contributed by atoms with Crippen molar-refractivity contribution in [2.45, 2.75) is 128 Å². The molecule has 0 bridgehead atoms. The second-order valence-electron chi connectivity index (χ2n) is 19.5. The van der Waals surface area contributed by atoms with Crippen LogP contribution < -0.4 is 16.0 Å². The number of nitrogens with one attached hydrogen (secondary N) is 3. The Kier molecular flexibility index (Phi) is 18.2. The average molecular weight is 965 g/mol. The molecule has 1 aliphatic carbocycles. The van der Waals surface area contributed by atoms with Crippen molar-refractivity contribution in [2.24, 2.45) is 17.8 Å². The molecule has 6 rings (SSSR count). The molecule has 3 N–H and O–H groups in total. The molecule has 0 radical (unpaired) electrons. The summed E-state index contributed by atoms with van der Waals surface area (Å²) in [6.45, 7) is 13.3. The second-order valence-corrected chi connectivity index (χ2v) is 20.4. The lowest BCUT2D eigenvalue weighted by Gasteiger charge is -2.41. The van der Waals surface area contributed by atoms with E-state index < -0.39 is 47.7 Å². The third-order valence-corrected chi connectivity index (χ3v) is 15.0. The Labute approximate surface area is 412 Å². The number of likely N-dealkylation sites (tertiary alicyclic amines) is 1. The summed E-state index contributed by atoms with van der Waals surface area (Å²) in [6, 6.07) is 23.9. The highest BCUT2D eigenvalue weighted by Gasteiger charge is 2.44. The van der Waals surface area contributed by atoms with Gasteiger partial charge in [0, 0.05) is 45.3 Å². The smallest absolute Gasteiger partial charge is 0.408 e. The Balaban J connectivity index is 1.09. The number of aromatic nitrogens is 1. The van der Waals surface area contributed by atoms with Crippen molar-refractivity contribution in [2.75, 3.05) is 34.4 Å². The standard InChI is InChI=1S/C54H72N6O8S/c1-11-34(4)47(44(66-9)31-45(61)60-28-19-26-43(60)48(67-10)35(5)49(62)56-42(50-55-27-29-69-50)30-36-20-13-12-14-21-36)59(8)51(63)46(33(2)3)57-52(64)54(6,7)58-53(65)68-32-41-39-24-17-15-22-37(39)38-23-16-18-25-40(38)41/h12-18,20-25,27,29,33-35,41-44,46-48H,11,19,26,28,30-32H2,1-10H3,(H,56,62)(H,57,64)(H,58,65). The number of benzene rings is 3. The number of thiazole rings is 1. The van der Waals surface area contributed by atoms with E-state index in [1.54, 1.807) is 46.2 Å². The number of carbonyl (C=O) groups excluding carboxylic acids is 5. The summed E-state index contributed by atoms with van der Waals surface area (Å²) < 4.78 is 17.9. The van der Waals surface area contributed by atoms with E-state index in [2.05, 4.69) is 33.1 Å². The lowest BCUT2D eigenvalue weighted by molar-refractivity contribution is -0.148. The van der Waals surface area contributed by atoms with Crippen molar-refractivity contribution in [3.05, 3.63) is 112 Å². The number of rotatable bonds is 22. The Hall–Kier alpha value is -5.64. The van der Waals surface area contributed by atoms with Crippen LogP contribution in [0.1, 0.15) is 108 Å². The van der Waals surface area contributed by atoms with Gasteiger partial charge in [0.1, 0.15) is 23.2 Å². The molecule has 1 aliphatic heterocycles. The topological polar surface area (TPSA) is 168 Å². The number of hydrogen-bond acceptors (Lipinski definition) is 10. The second kappa shape index (κ2) is 23.8. The van der Waals surface area contributed by atoms with Crippen LogP contribution in [0.3, 0.4) is 0 Å². The Morgan fingerprint density at radius 3 is 2.10 bits per heavy atom. The quantitative estimate of drug-likeness (QED) is 0.0709. The van der Waals surface area contributed by atoms with Gasteiger partial charge in [0.15, 0.2) is 0 Å². The highest BCUT2D eigenvalue weighted by molar-refractivity contribution is 7.09. The van der Waals surface area contributed by atoms with Gasteiger partial charge in [0.2, 0.25) is 23.6 Å². The molecule has 69 heavy (non-hydrogen) atoms. The van der Waals surface area contributed by atoms with Crippen LogP contribution in [0, 0.1) is 17.8 Å². The summed E-state index contributed by atoms with van der Waals surface area (Å²) >= 11 is 1.49. The van der Waals surface area contributed by atoms with Gasteiger partial charge in [-0.05, 0) is 72.8 Å². The first-order chi connectivity index (χ1) is 33.0. The fourth-order valence-electron chi connectivity index (χ4n) is 10.1. The maximum absolute atomic E-state index is 14.6. The zero-order valence-electron chi connectivity index (χ0n) is 41.9. The van der Waals surface area contributed by atoms with Crippen LogP contribution in [-0.4, -0.2) is 115 Å². The van der Waals surface area contributed by atoms with Crippen LogP contribution in [0.15, 0.2) is 90.4 Å². The first-order valence-electron chi connectivity index (χ1n) is 24.3. The van der Waals surface area contributed by atoms with Crippen molar-refractivity contribution in [3.63, 3.8) is 0 Å². The Morgan fingerprint density at radius 1 is 0.884 bits per heavy atom. The summed E-state index contributed by atoms with van der Waals surface area (Å²) in [6.07, 6.45) is 2.35. The predicted octanol–water partition coefficient (Wildman–Crippen LogP) is 7.92. The van der Waals surface area contributed by atoms with Crippen molar-refractivity contribution < 1.29 is 38.2 Å². The molecular formula is C54H72N6O8S. The molecule has 1 fully saturated rings. The molecule has 15 heteroatoms. The summed E-state index contributed by atoms with van der Waals surface area (Å²) in [4.78, 5) is 78.3. The molecule has 0 saturated carbocycles. The van der Waals surface area contributed by atoms with Gasteiger partial charge >= 0.3 is 6.09 Å².